The van der Waals surface area contributed by atoms with Gasteiger partial charge in [-0.2, -0.15) is 0 Å². The lowest BCUT2D eigenvalue weighted by molar-refractivity contribution is -0.128. The highest BCUT2D eigenvalue weighted by atomic mass is 35.5. The molecule has 1 aromatic rings. The highest BCUT2D eigenvalue weighted by molar-refractivity contribution is 6.30. The van der Waals surface area contributed by atoms with Gasteiger partial charge in [-0.3, -0.25) is 4.79 Å². The average Bonchev–Trinajstić information content (AvgIpc) is 2.61. The number of ether oxygens (including phenoxy) is 1. The zero-order chi connectivity index (χ0) is 17.9. The molecule has 138 valence electrons. The van der Waals surface area contributed by atoms with Gasteiger partial charge in [0.05, 0.1) is 5.92 Å². The predicted octanol–water partition coefficient (Wildman–Crippen LogP) is 3.41. The monoisotopic (exact) mass is 364 g/mol. The minimum absolute atomic E-state index is 0.0852. The van der Waals surface area contributed by atoms with Gasteiger partial charge in [0.15, 0.2) is 0 Å². The molecule has 25 heavy (non-hydrogen) atoms. The molecule has 1 amide bonds. The van der Waals surface area contributed by atoms with Crippen molar-refractivity contribution in [3.05, 3.63) is 34.9 Å². The molecular weight excluding hydrogens is 336 g/mol. The highest BCUT2D eigenvalue weighted by Crippen LogP contribution is 2.36. The number of carbonyl (C=O) groups excluding carboxylic acids is 1. The first-order valence-electron chi connectivity index (χ1n) is 9.33. The van der Waals surface area contributed by atoms with Crippen LogP contribution in [-0.2, 0) is 14.9 Å². The minimum Gasteiger partial charge on any atom is -0.381 e. The molecule has 4 nitrogen and oxygen atoms in total. The standard InChI is InChI=1S/C20H29ClN2O2/c1-19(22)9-3-2-4-17(19)18(24)23-14-20(10-12-25-13-11-20)15-5-7-16(21)8-6-15/h5-8,17H,2-4,9-14,22H2,1H3,(H,23,24). The van der Waals surface area contributed by atoms with Crippen molar-refractivity contribution in [1.82, 2.24) is 5.32 Å². The Labute approximate surface area is 155 Å². The van der Waals surface area contributed by atoms with Crippen molar-refractivity contribution in [3.8, 4) is 0 Å². The Kier molecular flexibility index (Phi) is 5.71. The van der Waals surface area contributed by atoms with Crippen molar-refractivity contribution in [2.75, 3.05) is 19.8 Å². The van der Waals surface area contributed by atoms with Crippen LogP contribution in [0.25, 0.3) is 0 Å². The van der Waals surface area contributed by atoms with Crippen molar-refractivity contribution >= 4 is 17.5 Å². The Morgan fingerprint density at radius 2 is 1.92 bits per heavy atom. The van der Waals surface area contributed by atoms with Crippen LogP contribution in [0.1, 0.15) is 51.0 Å². The summed E-state index contributed by atoms with van der Waals surface area (Å²) in [5.74, 6) is 0.00730. The molecule has 0 aromatic heterocycles. The van der Waals surface area contributed by atoms with Gasteiger partial charge in [0.1, 0.15) is 0 Å². The summed E-state index contributed by atoms with van der Waals surface area (Å²) in [6, 6.07) is 8.00. The van der Waals surface area contributed by atoms with E-state index in [2.05, 4.69) is 17.4 Å². The summed E-state index contributed by atoms with van der Waals surface area (Å²) in [7, 11) is 0. The first kappa shape index (κ1) is 18.7. The number of nitrogens with one attached hydrogen (secondary N) is 1. The van der Waals surface area contributed by atoms with Crippen molar-refractivity contribution < 1.29 is 9.53 Å². The number of hydrogen-bond donors (Lipinski definition) is 2. The summed E-state index contributed by atoms with van der Waals surface area (Å²) < 4.78 is 5.57. The maximum atomic E-state index is 12.8. The second-order valence-electron chi connectivity index (χ2n) is 7.92. The molecule has 1 saturated carbocycles. The lowest BCUT2D eigenvalue weighted by atomic mass is 9.72. The SMILES string of the molecule is CC1(N)CCCCC1C(=O)NCC1(c2ccc(Cl)cc2)CCOCC1. The first-order valence-corrected chi connectivity index (χ1v) is 9.71. The quantitative estimate of drug-likeness (QED) is 0.860. The molecule has 3 N–H and O–H groups in total. The summed E-state index contributed by atoms with van der Waals surface area (Å²) in [6.07, 6.45) is 5.81. The third kappa shape index (κ3) is 4.18. The summed E-state index contributed by atoms with van der Waals surface area (Å²) >= 11 is 6.05. The van der Waals surface area contributed by atoms with E-state index < -0.39 is 5.54 Å². The third-order valence-electron chi connectivity index (χ3n) is 6.08. The van der Waals surface area contributed by atoms with E-state index in [0.717, 1.165) is 56.8 Å². The molecule has 1 saturated heterocycles. The molecule has 1 aliphatic carbocycles. The van der Waals surface area contributed by atoms with Crippen LogP contribution >= 0.6 is 11.6 Å². The Bertz CT molecular complexity index is 594. The third-order valence-corrected chi connectivity index (χ3v) is 6.33. The second-order valence-corrected chi connectivity index (χ2v) is 8.36. The molecule has 5 heteroatoms. The minimum atomic E-state index is -0.397. The van der Waals surface area contributed by atoms with Crippen molar-refractivity contribution in [1.29, 1.82) is 0 Å². The second kappa shape index (κ2) is 7.65. The molecular formula is C20H29ClN2O2. The maximum absolute atomic E-state index is 12.8. The van der Waals surface area contributed by atoms with Crippen LogP contribution < -0.4 is 11.1 Å². The van der Waals surface area contributed by atoms with E-state index in [0.29, 0.717) is 6.54 Å². The molecule has 3 rings (SSSR count). The van der Waals surface area contributed by atoms with Gasteiger partial charge in [0.2, 0.25) is 5.91 Å². The average molecular weight is 365 g/mol. The molecule has 2 fully saturated rings. The van der Waals surface area contributed by atoms with Gasteiger partial charge in [-0.15, -0.1) is 0 Å². The molecule has 1 aliphatic heterocycles. The molecule has 1 heterocycles. The summed E-state index contributed by atoms with van der Waals surface area (Å²) in [5, 5.41) is 3.96. The van der Waals surface area contributed by atoms with Crippen LogP contribution in [0.15, 0.2) is 24.3 Å². The molecule has 2 aliphatic rings. The Hall–Kier alpha value is -1.10. The van der Waals surface area contributed by atoms with Crippen LogP contribution in [0, 0.1) is 5.92 Å². The summed E-state index contributed by atoms with van der Waals surface area (Å²) in [6.45, 7) is 4.08. The zero-order valence-corrected chi connectivity index (χ0v) is 15.8. The van der Waals surface area contributed by atoms with E-state index in [4.69, 9.17) is 22.1 Å². The highest BCUT2D eigenvalue weighted by Gasteiger charge is 2.40. The van der Waals surface area contributed by atoms with Crippen LogP contribution in [0.5, 0.6) is 0 Å². The lowest BCUT2D eigenvalue weighted by Gasteiger charge is -2.40. The fourth-order valence-corrected chi connectivity index (χ4v) is 4.43. The fraction of sp³-hybridized carbons (Fsp3) is 0.650. The van der Waals surface area contributed by atoms with Crippen molar-refractivity contribution in [2.24, 2.45) is 11.7 Å². The molecule has 0 bridgehead atoms. The van der Waals surface area contributed by atoms with E-state index in [-0.39, 0.29) is 17.2 Å². The number of benzene rings is 1. The molecule has 2 unspecified atom stereocenters. The van der Waals surface area contributed by atoms with Gasteiger partial charge < -0.3 is 15.8 Å². The smallest absolute Gasteiger partial charge is 0.224 e. The zero-order valence-electron chi connectivity index (χ0n) is 15.0. The largest absolute Gasteiger partial charge is 0.381 e. The van der Waals surface area contributed by atoms with Crippen LogP contribution in [0.4, 0.5) is 0 Å². The topological polar surface area (TPSA) is 64.4 Å². The van der Waals surface area contributed by atoms with E-state index >= 15 is 0 Å². The predicted molar refractivity (Wildman–Crippen MR) is 101 cm³/mol. The van der Waals surface area contributed by atoms with Gasteiger partial charge >= 0.3 is 0 Å². The van der Waals surface area contributed by atoms with Crippen LogP contribution in [-0.4, -0.2) is 31.2 Å². The van der Waals surface area contributed by atoms with E-state index in [1.54, 1.807) is 0 Å². The van der Waals surface area contributed by atoms with Gasteiger partial charge in [-0.1, -0.05) is 36.6 Å². The van der Waals surface area contributed by atoms with Gasteiger partial charge in [-0.25, -0.2) is 0 Å². The van der Waals surface area contributed by atoms with Gasteiger partial charge in [0.25, 0.3) is 0 Å². The molecule has 0 spiro atoms. The number of rotatable bonds is 4. The van der Waals surface area contributed by atoms with Gasteiger partial charge in [0, 0.05) is 35.7 Å². The fourth-order valence-electron chi connectivity index (χ4n) is 4.30. The van der Waals surface area contributed by atoms with E-state index in [1.807, 2.05) is 19.1 Å². The van der Waals surface area contributed by atoms with Crippen LogP contribution in [0.3, 0.4) is 0 Å². The molecule has 1 aromatic carbocycles. The Morgan fingerprint density at radius 1 is 1.24 bits per heavy atom. The molecule has 2 atom stereocenters. The van der Waals surface area contributed by atoms with Crippen LogP contribution in [0.2, 0.25) is 5.02 Å². The maximum Gasteiger partial charge on any atom is 0.224 e. The first-order chi connectivity index (χ1) is 11.9. The number of hydrogen-bond acceptors (Lipinski definition) is 3. The van der Waals surface area contributed by atoms with Gasteiger partial charge in [-0.05, 0) is 50.3 Å². The number of nitrogens with two attached hydrogens (primary N) is 1. The van der Waals surface area contributed by atoms with E-state index in [1.165, 1.54) is 5.56 Å². The molecule has 0 radical (unpaired) electrons. The number of carbonyl (C=O) groups is 1. The number of halogens is 1. The van der Waals surface area contributed by atoms with Crippen molar-refractivity contribution in [3.63, 3.8) is 0 Å². The normalized spacial score (nSPS) is 29.2. The lowest BCUT2D eigenvalue weighted by Crippen LogP contribution is -2.54. The van der Waals surface area contributed by atoms with Crippen molar-refractivity contribution in [2.45, 2.75) is 56.4 Å². The Morgan fingerprint density at radius 3 is 2.56 bits per heavy atom. The summed E-state index contributed by atoms with van der Waals surface area (Å²) in [4.78, 5) is 12.8. The number of amides is 1. The Balaban J connectivity index is 1.73. The summed E-state index contributed by atoms with van der Waals surface area (Å²) in [5.41, 5.74) is 7.14. The van der Waals surface area contributed by atoms with E-state index in [9.17, 15) is 4.79 Å².